The van der Waals surface area contributed by atoms with Crippen LogP contribution in [0.4, 0.5) is 13.2 Å². The van der Waals surface area contributed by atoms with Crippen LogP contribution >= 0.6 is 0 Å². The highest BCUT2D eigenvalue weighted by atomic mass is 19.4. The molecular weight excluding hydrogens is 285 g/mol. The molecule has 1 aromatic carbocycles. The van der Waals surface area contributed by atoms with Gasteiger partial charge >= 0.3 is 6.18 Å². The number of ether oxygens (including phenoxy) is 1. The van der Waals surface area contributed by atoms with Gasteiger partial charge in [0.1, 0.15) is 12.3 Å². The summed E-state index contributed by atoms with van der Waals surface area (Å²) in [5.41, 5.74) is 0.969. The maximum absolute atomic E-state index is 11.9. The second kappa shape index (κ2) is 7.87. The van der Waals surface area contributed by atoms with E-state index < -0.39 is 25.2 Å². The Bertz CT molecular complexity index is 462. The van der Waals surface area contributed by atoms with Crippen molar-refractivity contribution in [3.63, 3.8) is 0 Å². The van der Waals surface area contributed by atoms with Gasteiger partial charge in [-0.05, 0) is 17.7 Å². The summed E-state index contributed by atoms with van der Waals surface area (Å²) in [6.07, 6.45) is -4.42. The van der Waals surface area contributed by atoms with E-state index in [1.165, 1.54) is 0 Å². The Kier molecular flexibility index (Phi) is 6.48. The number of rotatable bonds is 7. The minimum absolute atomic E-state index is 0.336. The van der Waals surface area contributed by atoms with Gasteiger partial charge in [-0.3, -0.25) is 4.79 Å². The van der Waals surface area contributed by atoms with Gasteiger partial charge in [-0.1, -0.05) is 26.0 Å². The smallest absolute Gasteiger partial charge is 0.405 e. The van der Waals surface area contributed by atoms with Crippen molar-refractivity contribution in [2.75, 3.05) is 13.2 Å². The monoisotopic (exact) mass is 304 g/mol. The van der Waals surface area contributed by atoms with Crippen molar-refractivity contribution in [3.05, 3.63) is 29.8 Å². The minimum Gasteiger partial charge on any atom is -0.484 e. The Hall–Kier alpha value is -1.76. The lowest BCUT2D eigenvalue weighted by atomic mass is 10.2. The van der Waals surface area contributed by atoms with Gasteiger partial charge in [-0.15, -0.1) is 0 Å². The van der Waals surface area contributed by atoms with E-state index in [9.17, 15) is 18.0 Å². The first-order valence-corrected chi connectivity index (χ1v) is 6.55. The molecule has 0 heterocycles. The van der Waals surface area contributed by atoms with Crippen LogP contribution in [0.15, 0.2) is 24.3 Å². The third-order valence-corrected chi connectivity index (χ3v) is 2.47. The summed E-state index contributed by atoms with van der Waals surface area (Å²) in [5, 5.41) is 4.98. The zero-order valence-electron chi connectivity index (χ0n) is 12.0. The maximum Gasteiger partial charge on any atom is 0.405 e. The molecule has 0 bridgehead atoms. The van der Waals surface area contributed by atoms with Crippen LogP contribution in [0.2, 0.25) is 0 Å². The van der Waals surface area contributed by atoms with E-state index in [0.717, 1.165) is 5.56 Å². The van der Waals surface area contributed by atoms with Crippen molar-refractivity contribution < 1.29 is 22.7 Å². The van der Waals surface area contributed by atoms with E-state index in [2.05, 4.69) is 5.32 Å². The number of halogens is 3. The van der Waals surface area contributed by atoms with Gasteiger partial charge in [-0.2, -0.15) is 13.2 Å². The fraction of sp³-hybridized carbons (Fsp3) is 0.500. The van der Waals surface area contributed by atoms with E-state index in [4.69, 9.17) is 4.74 Å². The van der Waals surface area contributed by atoms with Crippen molar-refractivity contribution in [2.45, 2.75) is 32.6 Å². The molecule has 0 aliphatic carbocycles. The van der Waals surface area contributed by atoms with Crippen LogP contribution in [0.5, 0.6) is 5.75 Å². The highest BCUT2D eigenvalue weighted by molar-refractivity contribution is 5.77. The summed E-state index contributed by atoms with van der Waals surface area (Å²) < 4.78 is 40.9. The van der Waals surface area contributed by atoms with Gasteiger partial charge in [0.05, 0.1) is 0 Å². The number of carbonyl (C=O) groups is 1. The number of benzene rings is 1. The predicted octanol–water partition coefficient (Wildman–Crippen LogP) is 2.24. The molecule has 0 aromatic heterocycles. The fourth-order valence-corrected chi connectivity index (χ4v) is 1.47. The standard InChI is InChI=1S/C14H19F3N2O2/c1-10(2)18-7-11-4-3-5-12(6-11)21-8-13(20)19-9-14(15,16)17/h3-6,10,18H,7-9H2,1-2H3,(H,19,20). The third-order valence-electron chi connectivity index (χ3n) is 2.47. The molecule has 0 aliphatic rings. The van der Waals surface area contributed by atoms with Gasteiger partial charge in [0.2, 0.25) is 0 Å². The Labute approximate surface area is 121 Å². The van der Waals surface area contributed by atoms with Crippen LogP contribution in [0.3, 0.4) is 0 Å². The molecule has 21 heavy (non-hydrogen) atoms. The van der Waals surface area contributed by atoms with Gasteiger partial charge in [0.15, 0.2) is 6.61 Å². The van der Waals surface area contributed by atoms with E-state index in [-0.39, 0.29) is 0 Å². The van der Waals surface area contributed by atoms with Crippen LogP contribution in [-0.2, 0) is 11.3 Å². The summed E-state index contributed by atoms with van der Waals surface area (Å²) in [7, 11) is 0. The van der Waals surface area contributed by atoms with Crippen molar-refractivity contribution in [1.82, 2.24) is 10.6 Å². The summed E-state index contributed by atoms with van der Waals surface area (Å²) in [5.74, 6) is -0.363. The lowest BCUT2D eigenvalue weighted by Gasteiger charge is -2.11. The van der Waals surface area contributed by atoms with E-state index >= 15 is 0 Å². The van der Waals surface area contributed by atoms with Gasteiger partial charge in [-0.25, -0.2) is 0 Å². The molecule has 1 amide bonds. The number of nitrogens with one attached hydrogen (secondary N) is 2. The molecule has 0 radical (unpaired) electrons. The SMILES string of the molecule is CC(C)NCc1cccc(OCC(=O)NCC(F)(F)F)c1. The van der Waals surface area contributed by atoms with Gasteiger partial charge < -0.3 is 15.4 Å². The molecule has 0 spiro atoms. The van der Waals surface area contributed by atoms with Crippen molar-refractivity contribution in [2.24, 2.45) is 0 Å². The summed E-state index contributed by atoms with van der Waals surface area (Å²) in [4.78, 5) is 11.2. The predicted molar refractivity (Wildman–Crippen MR) is 73.0 cm³/mol. The van der Waals surface area contributed by atoms with Crippen LogP contribution in [0.25, 0.3) is 0 Å². The average molecular weight is 304 g/mol. The molecule has 1 rings (SSSR count). The topological polar surface area (TPSA) is 50.4 Å². The van der Waals surface area contributed by atoms with Crippen LogP contribution in [0, 0.1) is 0 Å². The highest BCUT2D eigenvalue weighted by Gasteiger charge is 2.27. The molecule has 118 valence electrons. The third kappa shape index (κ3) is 8.19. The first-order chi connectivity index (χ1) is 9.76. The second-order valence-corrected chi connectivity index (χ2v) is 4.86. The average Bonchev–Trinajstić information content (AvgIpc) is 2.40. The van der Waals surface area contributed by atoms with Gasteiger partial charge in [0.25, 0.3) is 5.91 Å². The Morgan fingerprint density at radius 3 is 2.67 bits per heavy atom. The summed E-state index contributed by atoms with van der Waals surface area (Å²) in [6, 6.07) is 7.39. The van der Waals surface area contributed by atoms with Crippen LogP contribution in [0.1, 0.15) is 19.4 Å². The molecule has 1 aromatic rings. The van der Waals surface area contributed by atoms with Crippen LogP contribution in [-0.4, -0.2) is 31.3 Å². The molecule has 0 aliphatic heterocycles. The molecule has 4 nitrogen and oxygen atoms in total. The fourth-order valence-electron chi connectivity index (χ4n) is 1.47. The van der Waals surface area contributed by atoms with Crippen molar-refractivity contribution >= 4 is 5.91 Å². The summed E-state index contributed by atoms with van der Waals surface area (Å²) >= 11 is 0. The Morgan fingerprint density at radius 2 is 2.05 bits per heavy atom. The zero-order chi connectivity index (χ0) is 15.9. The van der Waals surface area contributed by atoms with Gasteiger partial charge in [0, 0.05) is 12.6 Å². The van der Waals surface area contributed by atoms with E-state index in [0.29, 0.717) is 18.3 Å². The van der Waals surface area contributed by atoms with Crippen molar-refractivity contribution in [1.29, 1.82) is 0 Å². The largest absolute Gasteiger partial charge is 0.484 e. The molecule has 0 saturated heterocycles. The lowest BCUT2D eigenvalue weighted by Crippen LogP contribution is -2.36. The number of alkyl halides is 3. The quantitative estimate of drug-likeness (QED) is 0.812. The van der Waals surface area contributed by atoms with Crippen molar-refractivity contribution in [3.8, 4) is 5.75 Å². The zero-order valence-corrected chi connectivity index (χ0v) is 12.0. The lowest BCUT2D eigenvalue weighted by molar-refractivity contribution is -0.139. The molecule has 0 fully saturated rings. The molecule has 2 N–H and O–H groups in total. The first-order valence-electron chi connectivity index (χ1n) is 6.55. The van der Waals surface area contributed by atoms with Crippen LogP contribution < -0.4 is 15.4 Å². The summed E-state index contributed by atoms with van der Waals surface area (Å²) in [6.45, 7) is 2.89. The first kappa shape index (κ1) is 17.3. The molecule has 7 heteroatoms. The number of amides is 1. The molecule has 0 saturated carbocycles. The molecule has 0 unspecified atom stereocenters. The molecular formula is C14H19F3N2O2. The van der Waals surface area contributed by atoms with E-state index in [1.807, 2.05) is 19.9 Å². The maximum atomic E-state index is 11.9. The Morgan fingerprint density at radius 1 is 1.33 bits per heavy atom. The normalized spacial score (nSPS) is 11.5. The Balaban J connectivity index is 2.41. The molecule has 0 atom stereocenters. The highest BCUT2D eigenvalue weighted by Crippen LogP contribution is 2.14. The number of carbonyl (C=O) groups excluding carboxylic acids is 1. The number of hydrogen-bond acceptors (Lipinski definition) is 3. The minimum atomic E-state index is -4.42. The number of hydrogen-bond donors (Lipinski definition) is 2. The second-order valence-electron chi connectivity index (χ2n) is 4.86. The van der Waals surface area contributed by atoms with E-state index in [1.54, 1.807) is 23.5 Å².